The van der Waals surface area contributed by atoms with Crippen LogP contribution in [-0.2, 0) is 20.7 Å². The van der Waals surface area contributed by atoms with Gasteiger partial charge in [-0.15, -0.1) is 0 Å². The topological polar surface area (TPSA) is 68.3 Å². The van der Waals surface area contributed by atoms with Crippen LogP contribution >= 0.6 is 0 Å². The Morgan fingerprint density at radius 1 is 1.27 bits per heavy atom. The van der Waals surface area contributed by atoms with Gasteiger partial charge >= 0.3 is 6.09 Å². The van der Waals surface area contributed by atoms with Crippen LogP contribution in [-0.4, -0.2) is 73.9 Å². The maximum atomic E-state index is 12.1. The molecule has 0 aliphatic carbocycles. The summed E-state index contributed by atoms with van der Waals surface area (Å²) in [5.41, 5.74) is 1.20. The Balaban J connectivity index is 1.50. The van der Waals surface area contributed by atoms with Crippen LogP contribution in [0.3, 0.4) is 0 Å². The third kappa shape index (κ3) is 4.09. The van der Waals surface area contributed by atoms with E-state index in [0.29, 0.717) is 26.2 Å². The van der Waals surface area contributed by atoms with E-state index in [1.807, 2.05) is 31.2 Å². The molecule has 0 spiro atoms. The molecule has 2 unspecified atom stereocenters. The summed E-state index contributed by atoms with van der Waals surface area (Å²) in [4.78, 5) is 27.7. The van der Waals surface area contributed by atoms with E-state index in [2.05, 4.69) is 0 Å². The van der Waals surface area contributed by atoms with Crippen LogP contribution in [0.5, 0.6) is 5.75 Å². The second-order valence-electron chi connectivity index (χ2n) is 6.57. The fourth-order valence-corrected chi connectivity index (χ4v) is 3.49. The molecular weight excluding hydrogens is 336 g/mol. The number of amides is 2. The summed E-state index contributed by atoms with van der Waals surface area (Å²) in [5.74, 6) is 0.790. The number of benzene rings is 1. The van der Waals surface area contributed by atoms with E-state index in [9.17, 15) is 9.59 Å². The van der Waals surface area contributed by atoms with Gasteiger partial charge in [0.1, 0.15) is 18.5 Å². The normalized spacial score (nSPS) is 21.7. The van der Waals surface area contributed by atoms with Gasteiger partial charge in [-0.2, -0.15) is 0 Å². The second kappa shape index (κ2) is 8.40. The Bertz CT molecular complexity index is 633. The lowest BCUT2D eigenvalue weighted by Gasteiger charge is -2.22. The summed E-state index contributed by atoms with van der Waals surface area (Å²) in [6.45, 7) is 4.06. The van der Waals surface area contributed by atoms with Crippen molar-refractivity contribution in [2.24, 2.45) is 0 Å². The van der Waals surface area contributed by atoms with Crippen molar-refractivity contribution in [2.45, 2.75) is 31.9 Å². The number of ether oxygens (including phenoxy) is 3. The monoisotopic (exact) mass is 362 g/mol. The molecule has 26 heavy (non-hydrogen) atoms. The number of rotatable bonds is 8. The Hall–Kier alpha value is -2.28. The summed E-state index contributed by atoms with van der Waals surface area (Å²) in [6, 6.07) is 7.90. The van der Waals surface area contributed by atoms with Crippen molar-refractivity contribution in [2.75, 3.05) is 40.0 Å². The highest BCUT2D eigenvalue weighted by Crippen LogP contribution is 2.27. The number of carbonyl (C=O) groups is 2. The maximum absolute atomic E-state index is 12.1. The number of nitrogens with zero attached hydrogens (tertiary/aromatic N) is 2. The summed E-state index contributed by atoms with van der Waals surface area (Å²) in [7, 11) is 1.65. The van der Waals surface area contributed by atoms with Crippen LogP contribution in [0.2, 0.25) is 0 Å². The SMILES string of the molecule is CCOCC(=O)N1CC2OC(=O)N(CCCc3ccc(OC)cc3)C2C1. The number of methoxy groups -OCH3 is 1. The summed E-state index contributed by atoms with van der Waals surface area (Å²) >= 11 is 0. The lowest BCUT2D eigenvalue weighted by Crippen LogP contribution is -2.40. The minimum absolute atomic E-state index is 0.0459. The molecule has 2 amide bonds. The summed E-state index contributed by atoms with van der Waals surface area (Å²) in [5, 5.41) is 0. The first kappa shape index (κ1) is 18.5. The van der Waals surface area contributed by atoms with E-state index in [1.165, 1.54) is 5.56 Å². The van der Waals surface area contributed by atoms with E-state index in [1.54, 1.807) is 16.9 Å². The molecule has 7 nitrogen and oxygen atoms in total. The number of carbonyl (C=O) groups excluding carboxylic acids is 2. The smallest absolute Gasteiger partial charge is 0.410 e. The molecule has 0 bridgehead atoms. The van der Waals surface area contributed by atoms with Crippen molar-refractivity contribution in [3.8, 4) is 5.75 Å². The first-order valence-electron chi connectivity index (χ1n) is 9.08. The molecule has 2 aliphatic rings. The molecule has 3 rings (SSSR count). The zero-order valence-corrected chi connectivity index (χ0v) is 15.3. The predicted molar refractivity (Wildman–Crippen MR) is 95.2 cm³/mol. The molecule has 7 heteroatoms. The number of likely N-dealkylation sites (tertiary alicyclic amines) is 1. The lowest BCUT2D eigenvalue weighted by atomic mass is 10.1. The molecule has 0 N–H and O–H groups in total. The van der Waals surface area contributed by atoms with Gasteiger partial charge in [-0.25, -0.2) is 4.79 Å². The van der Waals surface area contributed by atoms with E-state index >= 15 is 0 Å². The fourth-order valence-electron chi connectivity index (χ4n) is 3.49. The van der Waals surface area contributed by atoms with Crippen LogP contribution in [0.4, 0.5) is 4.79 Å². The minimum Gasteiger partial charge on any atom is -0.497 e. The van der Waals surface area contributed by atoms with Crippen molar-refractivity contribution >= 4 is 12.0 Å². The highest BCUT2D eigenvalue weighted by molar-refractivity contribution is 5.79. The number of hydrogen-bond donors (Lipinski definition) is 0. The Morgan fingerprint density at radius 2 is 2.04 bits per heavy atom. The van der Waals surface area contributed by atoms with Gasteiger partial charge in [0.05, 0.1) is 19.7 Å². The third-order valence-electron chi connectivity index (χ3n) is 4.93. The molecule has 142 valence electrons. The van der Waals surface area contributed by atoms with Crippen LogP contribution < -0.4 is 4.74 Å². The molecule has 0 radical (unpaired) electrons. The number of hydrogen-bond acceptors (Lipinski definition) is 5. The lowest BCUT2D eigenvalue weighted by molar-refractivity contribution is -0.135. The van der Waals surface area contributed by atoms with Gasteiger partial charge in [0.15, 0.2) is 0 Å². The summed E-state index contributed by atoms with van der Waals surface area (Å²) < 4.78 is 15.8. The van der Waals surface area contributed by atoms with Gasteiger partial charge in [-0.1, -0.05) is 12.1 Å². The van der Waals surface area contributed by atoms with Crippen molar-refractivity contribution in [1.82, 2.24) is 9.80 Å². The van der Waals surface area contributed by atoms with E-state index in [4.69, 9.17) is 14.2 Å². The second-order valence-corrected chi connectivity index (χ2v) is 6.57. The molecular formula is C19H26N2O5. The zero-order chi connectivity index (χ0) is 18.5. The zero-order valence-electron chi connectivity index (χ0n) is 15.3. The van der Waals surface area contributed by atoms with Crippen LogP contribution in [0.25, 0.3) is 0 Å². The molecule has 0 saturated carbocycles. The molecule has 2 saturated heterocycles. The number of aryl methyl sites for hydroxylation is 1. The van der Waals surface area contributed by atoms with Crippen LogP contribution in [0, 0.1) is 0 Å². The first-order valence-corrected chi connectivity index (χ1v) is 9.08. The highest BCUT2D eigenvalue weighted by atomic mass is 16.6. The molecule has 2 fully saturated rings. The van der Waals surface area contributed by atoms with E-state index in [0.717, 1.165) is 18.6 Å². The van der Waals surface area contributed by atoms with Crippen molar-refractivity contribution in [1.29, 1.82) is 0 Å². The highest BCUT2D eigenvalue weighted by Gasteiger charge is 2.48. The first-order chi connectivity index (χ1) is 12.6. The Kier molecular flexibility index (Phi) is 5.98. The van der Waals surface area contributed by atoms with Gasteiger partial charge < -0.3 is 19.1 Å². The van der Waals surface area contributed by atoms with Gasteiger partial charge in [0, 0.05) is 19.7 Å². The molecule has 2 atom stereocenters. The maximum Gasteiger partial charge on any atom is 0.410 e. The van der Waals surface area contributed by atoms with Crippen molar-refractivity contribution in [3.05, 3.63) is 29.8 Å². The average Bonchev–Trinajstić information content (AvgIpc) is 3.18. The largest absolute Gasteiger partial charge is 0.497 e. The fraction of sp³-hybridized carbons (Fsp3) is 0.579. The van der Waals surface area contributed by atoms with Gasteiger partial charge in [-0.3, -0.25) is 9.69 Å². The van der Waals surface area contributed by atoms with Gasteiger partial charge in [0.2, 0.25) is 5.91 Å². The van der Waals surface area contributed by atoms with Crippen molar-refractivity contribution < 1.29 is 23.8 Å². The third-order valence-corrected chi connectivity index (χ3v) is 4.93. The van der Waals surface area contributed by atoms with Crippen LogP contribution in [0.1, 0.15) is 18.9 Å². The average molecular weight is 362 g/mol. The molecule has 1 aromatic carbocycles. The van der Waals surface area contributed by atoms with Gasteiger partial charge in [0.25, 0.3) is 0 Å². The van der Waals surface area contributed by atoms with Crippen LogP contribution in [0.15, 0.2) is 24.3 Å². The number of fused-ring (bicyclic) bond motifs is 1. The van der Waals surface area contributed by atoms with Gasteiger partial charge in [-0.05, 0) is 37.5 Å². The standard InChI is InChI=1S/C19H26N2O5/c1-3-25-13-18(22)20-11-16-17(12-20)26-19(23)21(16)10-4-5-14-6-8-15(24-2)9-7-14/h6-9,16-17H,3-5,10-13H2,1-2H3. The summed E-state index contributed by atoms with van der Waals surface area (Å²) in [6.07, 6.45) is 1.22. The predicted octanol–water partition coefficient (Wildman–Crippen LogP) is 1.70. The van der Waals surface area contributed by atoms with E-state index < -0.39 is 0 Å². The minimum atomic E-state index is -0.272. The molecule has 2 aliphatic heterocycles. The molecule has 2 heterocycles. The quantitative estimate of drug-likeness (QED) is 0.704. The molecule has 1 aromatic rings. The van der Waals surface area contributed by atoms with Crippen molar-refractivity contribution in [3.63, 3.8) is 0 Å². The Labute approximate surface area is 153 Å². The van der Waals surface area contributed by atoms with E-state index in [-0.39, 0.29) is 30.8 Å². The Morgan fingerprint density at radius 3 is 2.73 bits per heavy atom. The molecule has 0 aromatic heterocycles.